The number of fused-ring (bicyclic) bond motifs is 1. The Morgan fingerprint density at radius 3 is 2.97 bits per heavy atom. The summed E-state index contributed by atoms with van der Waals surface area (Å²) in [6.07, 6.45) is 11.1. The van der Waals surface area contributed by atoms with Crippen LogP contribution in [0.15, 0.2) is 55.1 Å². The molecule has 4 heterocycles. The van der Waals surface area contributed by atoms with Crippen molar-refractivity contribution in [2.75, 3.05) is 25.2 Å². The summed E-state index contributed by atoms with van der Waals surface area (Å²) in [6, 6.07) is 7.74. The van der Waals surface area contributed by atoms with E-state index >= 15 is 0 Å². The van der Waals surface area contributed by atoms with Crippen molar-refractivity contribution >= 4 is 11.5 Å². The molecule has 1 aliphatic rings. The molecule has 0 saturated carbocycles. The summed E-state index contributed by atoms with van der Waals surface area (Å²) >= 11 is 0. The van der Waals surface area contributed by atoms with Gasteiger partial charge in [0.1, 0.15) is 36.9 Å². The minimum absolute atomic E-state index is 0.0652. The molecule has 7 nitrogen and oxygen atoms in total. The molecule has 1 aliphatic heterocycles. The number of aromatic nitrogens is 4. The molecule has 34 heavy (non-hydrogen) atoms. The number of benzene rings is 1. The van der Waals surface area contributed by atoms with Gasteiger partial charge >= 0.3 is 0 Å². The molecule has 1 fully saturated rings. The lowest BCUT2D eigenvalue weighted by Crippen LogP contribution is -2.16. The van der Waals surface area contributed by atoms with Crippen LogP contribution in [0.25, 0.3) is 16.8 Å². The highest BCUT2D eigenvalue weighted by atomic mass is 19.1. The van der Waals surface area contributed by atoms with E-state index in [2.05, 4.69) is 21.2 Å². The summed E-state index contributed by atoms with van der Waals surface area (Å²) in [6.45, 7) is 1.97. The number of halogens is 2. The van der Waals surface area contributed by atoms with Crippen molar-refractivity contribution in [2.45, 2.75) is 38.5 Å². The second-order valence-corrected chi connectivity index (χ2v) is 8.39. The molecule has 178 valence electrons. The summed E-state index contributed by atoms with van der Waals surface area (Å²) in [4.78, 5) is 4.77. The Hall–Kier alpha value is -3.46. The topological polar surface area (TPSA) is 65.6 Å². The molecule has 1 aromatic carbocycles. The first-order valence-electron chi connectivity index (χ1n) is 11.5. The molecule has 0 amide bonds. The van der Waals surface area contributed by atoms with Gasteiger partial charge in [-0.05, 0) is 56.5 Å². The van der Waals surface area contributed by atoms with Crippen molar-refractivity contribution in [3.63, 3.8) is 0 Å². The van der Waals surface area contributed by atoms with Crippen molar-refractivity contribution in [2.24, 2.45) is 0 Å². The summed E-state index contributed by atoms with van der Waals surface area (Å²) < 4.78 is 41.7. The van der Waals surface area contributed by atoms with E-state index in [1.54, 1.807) is 10.7 Å². The molecule has 0 aliphatic carbocycles. The van der Waals surface area contributed by atoms with Gasteiger partial charge in [0, 0.05) is 41.9 Å². The van der Waals surface area contributed by atoms with Crippen LogP contribution < -0.4 is 10.1 Å². The number of hydrogen-bond donors (Lipinski definition) is 1. The van der Waals surface area contributed by atoms with Gasteiger partial charge in [0.2, 0.25) is 0 Å². The largest absolute Gasteiger partial charge is 0.490 e. The lowest BCUT2D eigenvalue weighted by atomic mass is 10.1. The number of nitrogens with one attached hydrogen (secondary N) is 1. The summed E-state index contributed by atoms with van der Waals surface area (Å²) in [5, 5.41) is 7.74. The third-order valence-corrected chi connectivity index (χ3v) is 6.02. The van der Waals surface area contributed by atoms with Crippen LogP contribution in [-0.4, -0.2) is 39.1 Å². The minimum atomic E-state index is -0.616. The molecule has 9 heteroatoms. The van der Waals surface area contributed by atoms with Crippen LogP contribution in [0.4, 0.5) is 14.6 Å². The Morgan fingerprint density at radius 2 is 2.15 bits per heavy atom. The molecular formula is C25H27F2N5O2. The number of anilines is 1. The second kappa shape index (κ2) is 9.80. The molecule has 0 spiro atoms. The van der Waals surface area contributed by atoms with Crippen molar-refractivity contribution in [3.8, 4) is 16.9 Å². The molecule has 3 aromatic heterocycles. The van der Waals surface area contributed by atoms with E-state index < -0.39 is 6.67 Å². The predicted octanol–water partition coefficient (Wildman–Crippen LogP) is 5.56. The van der Waals surface area contributed by atoms with Gasteiger partial charge < -0.3 is 19.4 Å². The Morgan fingerprint density at radius 1 is 1.24 bits per heavy atom. The number of ether oxygens (including phenoxy) is 2. The fourth-order valence-corrected chi connectivity index (χ4v) is 4.30. The van der Waals surface area contributed by atoms with E-state index in [0.29, 0.717) is 22.8 Å². The minimum Gasteiger partial charge on any atom is -0.490 e. The average molecular weight is 468 g/mol. The van der Waals surface area contributed by atoms with Crippen LogP contribution in [0.1, 0.15) is 44.0 Å². The number of alkyl halides is 1. The first-order chi connectivity index (χ1) is 16.6. The summed E-state index contributed by atoms with van der Waals surface area (Å²) in [5.74, 6) is 0.665. The maximum absolute atomic E-state index is 13.9. The lowest BCUT2D eigenvalue weighted by molar-refractivity contribution is -0.0317. The molecule has 1 saturated heterocycles. The van der Waals surface area contributed by atoms with E-state index in [1.165, 1.54) is 18.2 Å². The fraction of sp³-hybridized carbons (Fsp3) is 0.360. The van der Waals surface area contributed by atoms with Gasteiger partial charge in [-0.2, -0.15) is 5.10 Å². The van der Waals surface area contributed by atoms with Crippen LogP contribution >= 0.6 is 0 Å². The van der Waals surface area contributed by atoms with Crippen molar-refractivity contribution in [3.05, 3.63) is 66.5 Å². The highest BCUT2D eigenvalue weighted by Crippen LogP contribution is 2.31. The smallest absolute Gasteiger partial charge is 0.165 e. The molecule has 5 rings (SSSR count). The Kier molecular flexibility index (Phi) is 6.44. The van der Waals surface area contributed by atoms with E-state index in [1.807, 2.05) is 31.5 Å². The highest BCUT2D eigenvalue weighted by molar-refractivity contribution is 5.77. The molecule has 1 unspecified atom stereocenters. The van der Waals surface area contributed by atoms with E-state index in [4.69, 9.17) is 14.5 Å². The molecule has 0 bridgehead atoms. The number of nitrogens with zero attached hydrogens (tertiary/aromatic N) is 4. The zero-order valence-electron chi connectivity index (χ0n) is 19.0. The first-order valence-corrected chi connectivity index (χ1v) is 11.5. The van der Waals surface area contributed by atoms with Gasteiger partial charge in [0.25, 0.3) is 0 Å². The van der Waals surface area contributed by atoms with Gasteiger partial charge in [0.05, 0.1) is 12.2 Å². The number of hydrogen-bond acceptors (Lipinski definition) is 5. The first kappa shape index (κ1) is 22.3. The van der Waals surface area contributed by atoms with Crippen LogP contribution in [0.3, 0.4) is 0 Å². The highest BCUT2D eigenvalue weighted by Gasteiger charge is 2.18. The average Bonchev–Trinajstić information content (AvgIpc) is 3.51. The maximum Gasteiger partial charge on any atom is 0.165 e. The number of rotatable bonds is 8. The van der Waals surface area contributed by atoms with Crippen molar-refractivity contribution in [1.82, 2.24) is 19.2 Å². The molecule has 2 atom stereocenters. The van der Waals surface area contributed by atoms with E-state index in [-0.39, 0.29) is 24.7 Å². The quantitative estimate of drug-likeness (QED) is 0.368. The fourth-order valence-electron chi connectivity index (χ4n) is 4.30. The van der Waals surface area contributed by atoms with Gasteiger partial charge in [-0.15, -0.1) is 0 Å². The molecule has 0 radical (unpaired) electrons. The standard InChI is InChI=1S/C25H27F2N5O2/c1-17(20-14-19(27)5-6-22(20)33-13-9-26)29-23-8-11-32-25(30-23)21(15-28-32)18-7-10-31(16-18)24-4-2-3-12-34-24/h5-8,10-11,14-17,24H,2-4,9,12-13H2,1H3,(H,29,30)/t17-,24?/m1/s1. The van der Waals surface area contributed by atoms with E-state index in [9.17, 15) is 8.78 Å². The Labute approximate surface area is 196 Å². The SMILES string of the molecule is C[C@@H](Nc1ccn2ncc(-c3ccn(C4CCCCO4)c3)c2n1)c1cc(F)ccc1OCCF. The van der Waals surface area contributed by atoms with Crippen LogP contribution in [0, 0.1) is 5.82 Å². The van der Waals surface area contributed by atoms with Crippen LogP contribution in [0.5, 0.6) is 5.75 Å². The summed E-state index contributed by atoms with van der Waals surface area (Å²) in [7, 11) is 0. The van der Waals surface area contributed by atoms with Crippen LogP contribution in [-0.2, 0) is 4.74 Å². The second-order valence-electron chi connectivity index (χ2n) is 8.39. The third-order valence-electron chi connectivity index (χ3n) is 6.02. The van der Waals surface area contributed by atoms with E-state index in [0.717, 1.165) is 37.0 Å². The van der Waals surface area contributed by atoms with Gasteiger partial charge in [-0.25, -0.2) is 18.3 Å². The van der Waals surface area contributed by atoms with Crippen molar-refractivity contribution in [1.29, 1.82) is 0 Å². The normalized spacial score (nSPS) is 17.1. The Balaban J connectivity index is 1.40. The lowest BCUT2D eigenvalue weighted by Gasteiger charge is -2.23. The van der Waals surface area contributed by atoms with Gasteiger partial charge in [-0.1, -0.05) is 0 Å². The zero-order valence-corrected chi connectivity index (χ0v) is 19.0. The van der Waals surface area contributed by atoms with Gasteiger partial charge in [0.15, 0.2) is 5.65 Å². The Bertz CT molecular complexity index is 1270. The zero-order chi connectivity index (χ0) is 23.5. The third kappa shape index (κ3) is 4.61. The van der Waals surface area contributed by atoms with Crippen LogP contribution in [0.2, 0.25) is 0 Å². The molecule has 4 aromatic rings. The van der Waals surface area contributed by atoms with Gasteiger partial charge in [-0.3, -0.25) is 0 Å². The predicted molar refractivity (Wildman–Crippen MR) is 125 cm³/mol. The molecular weight excluding hydrogens is 440 g/mol. The maximum atomic E-state index is 13.9. The van der Waals surface area contributed by atoms with Crippen molar-refractivity contribution < 1.29 is 18.3 Å². The monoisotopic (exact) mass is 467 g/mol. The summed E-state index contributed by atoms with van der Waals surface area (Å²) in [5.41, 5.74) is 3.21. The molecule has 1 N–H and O–H groups in total.